The second kappa shape index (κ2) is 4.98. The van der Waals surface area contributed by atoms with Crippen molar-refractivity contribution in [3.8, 4) is 0 Å². The number of methoxy groups -OCH3 is 1. The van der Waals surface area contributed by atoms with Crippen molar-refractivity contribution in [3.63, 3.8) is 0 Å². The first-order chi connectivity index (χ1) is 6.87. The molecule has 1 aliphatic heterocycles. The molecule has 7 heteroatoms. The van der Waals surface area contributed by atoms with E-state index in [0.29, 0.717) is 13.1 Å². The summed E-state index contributed by atoms with van der Waals surface area (Å²) < 4.78 is 26.3. The van der Waals surface area contributed by atoms with Gasteiger partial charge in [0.2, 0.25) is 7.44 Å². The van der Waals surface area contributed by atoms with Gasteiger partial charge in [-0.15, -0.1) is 0 Å². The fourth-order valence-electron chi connectivity index (χ4n) is 1.42. The molecule has 2 radical (unpaired) electrons. The van der Waals surface area contributed by atoms with Gasteiger partial charge < -0.3 is 9.47 Å². The van der Waals surface area contributed by atoms with E-state index in [0.717, 1.165) is 0 Å². The Balaban J connectivity index is 2.73. The molecule has 1 heterocycles. The van der Waals surface area contributed by atoms with Crippen LogP contribution in [-0.4, -0.2) is 70.4 Å². The molecular weight excluding hydrogens is 214 g/mol. The lowest BCUT2D eigenvalue weighted by atomic mass is 9.99. The summed E-state index contributed by atoms with van der Waals surface area (Å²) in [7, 11) is 8.35. The summed E-state index contributed by atoms with van der Waals surface area (Å²) in [5, 5.41) is 0. The van der Waals surface area contributed by atoms with Gasteiger partial charge in [0.15, 0.2) is 6.29 Å². The normalized spacial score (nSPS) is 32.9. The van der Waals surface area contributed by atoms with Crippen LogP contribution in [0.2, 0.25) is 0 Å². The van der Waals surface area contributed by atoms with Crippen molar-refractivity contribution < 1.29 is 14.0 Å². The maximum absolute atomic E-state index is 12.4. The largest absolute Gasteiger partial charge is 0.357 e. The number of hydrogen-bond acceptors (Lipinski definition) is 3. The number of hydrogen-bond donors (Lipinski definition) is 0. The van der Waals surface area contributed by atoms with Crippen molar-refractivity contribution in [2.24, 2.45) is 0 Å². The molecule has 0 bridgehead atoms. The van der Waals surface area contributed by atoms with E-state index in [1.54, 1.807) is 32.5 Å². The standard InChI is InChI=1S/C8H18BN2O3P/c1-10(2)15(4,12)11-5-7(9)14-8(6-11)13-3/h7-8H,5-6H2,1-4H3. The zero-order chi connectivity index (χ0) is 11.6. The third-order valence-electron chi connectivity index (χ3n) is 2.61. The van der Waals surface area contributed by atoms with E-state index in [4.69, 9.17) is 17.3 Å². The lowest BCUT2D eigenvalue weighted by molar-refractivity contribution is -0.165. The zero-order valence-electron chi connectivity index (χ0n) is 9.71. The SMILES string of the molecule is [B]C1CN(P(C)(=O)N(C)C)CC(OC)O1. The molecule has 1 rings (SSSR count). The third kappa shape index (κ3) is 3.05. The van der Waals surface area contributed by atoms with Crippen LogP contribution < -0.4 is 0 Å². The van der Waals surface area contributed by atoms with E-state index < -0.39 is 19.7 Å². The van der Waals surface area contributed by atoms with Crippen LogP contribution in [0.15, 0.2) is 0 Å². The van der Waals surface area contributed by atoms with Gasteiger partial charge in [0.05, 0.1) is 6.54 Å². The molecule has 3 atom stereocenters. The number of morpholine rings is 1. The quantitative estimate of drug-likeness (QED) is 0.512. The summed E-state index contributed by atoms with van der Waals surface area (Å²) in [6.45, 7) is 2.67. The molecule has 3 unspecified atom stereocenters. The highest BCUT2D eigenvalue weighted by Gasteiger charge is 2.35. The number of rotatable bonds is 3. The van der Waals surface area contributed by atoms with Crippen molar-refractivity contribution >= 4 is 15.3 Å². The van der Waals surface area contributed by atoms with Crippen LogP contribution in [0.25, 0.3) is 0 Å². The summed E-state index contributed by atoms with van der Waals surface area (Å²) in [6.07, 6.45) is -0.401. The molecule has 0 aromatic rings. The summed E-state index contributed by atoms with van der Waals surface area (Å²) in [4.78, 5) is 0. The van der Waals surface area contributed by atoms with E-state index in [9.17, 15) is 4.57 Å². The maximum atomic E-state index is 12.4. The number of ether oxygens (including phenoxy) is 2. The topological polar surface area (TPSA) is 42.0 Å². The molecule has 0 amide bonds. The minimum atomic E-state index is -2.50. The average molecular weight is 232 g/mol. The fraction of sp³-hybridized carbons (Fsp3) is 1.00. The van der Waals surface area contributed by atoms with Crippen LogP contribution in [0.1, 0.15) is 0 Å². The first-order valence-electron chi connectivity index (χ1n) is 4.82. The summed E-state index contributed by atoms with van der Waals surface area (Å²) in [5.74, 6) is 0. The lowest BCUT2D eigenvalue weighted by Crippen LogP contribution is -2.48. The van der Waals surface area contributed by atoms with Crippen LogP contribution in [0, 0.1) is 0 Å². The molecule has 1 fully saturated rings. The smallest absolute Gasteiger partial charge is 0.213 e. The fourth-order valence-corrected chi connectivity index (χ4v) is 2.83. The van der Waals surface area contributed by atoms with E-state index in [-0.39, 0.29) is 0 Å². The van der Waals surface area contributed by atoms with Crippen molar-refractivity contribution in [2.75, 3.05) is 41.0 Å². The van der Waals surface area contributed by atoms with Gasteiger partial charge in [0.1, 0.15) is 7.85 Å². The lowest BCUT2D eigenvalue weighted by Gasteiger charge is -2.41. The highest BCUT2D eigenvalue weighted by atomic mass is 31.2. The first-order valence-corrected chi connectivity index (χ1v) is 6.88. The van der Waals surface area contributed by atoms with Crippen molar-refractivity contribution in [1.82, 2.24) is 9.34 Å². The molecule has 0 aromatic heterocycles. The Labute approximate surface area is 92.6 Å². The van der Waals surface area contributed by atoms with Gasteiger partial charge in [-0.25, -0.2) is 9.34 Å². The Morgan fingerprint density at radius 1 is 1.53 bits per heavy atom. The Morgan fingerprint density at radius 2 is 2.13 bits per heavy atom. The molecule has 0 aliphatic carbocycles. The van der Waals surface area contributed by atoms with E-state index in [2.05, 4.69) is 0 Å². The molecule has 0 aromatic carbocycles. The van der Waals surface area contributed by atoms with Crippen LogP contribution in [0.5, 0.6) is 0 Å². The highest BCUT2D eigenvalue weighted by Crippen LogP contribution is 2.48. The van der Waals surface area contributed by atoms with Crippen molar-refractivity contribution in [1.29, 1.82) is 0 Å². The molecule has 86 valence electrons. The predicted molar refractivity (Wildman–Crippen MR) is 60.2 cm³/mol. The summed E-state index contributed by atoms with van der Waals surface area (Å²) >= 11 is 0. The van der Waals surface area contributed by atoms with Gasteiger partial charge >= 0.3 is 0 Å². The average Bonchev–Trinajstić information content (AvgIpc) is 2.16. The van der Waals surface area contributed by atoms with Gasteiger partial charge in [0.25, 0.3) is 0 Å². The molecule has 0 N–H and O–H groups in total. The van der Waals surface area contributed by atoms with E-state index >= 15 is 0 Å². The van der Waals surface area contributed by atoms with Gasteiger partial charge in [-0.1, -0.05) is 0 Å². The highest BCUT2D eigenvalue weighted by molar-refractivity contribution is 7.58. The summed E-state index contributed by atoms with van der Waals surface area (Å²) in [5.41, 5.74) is 0. The van der Waals surface area contributed by atoms with Crippen LogP contribution >= 0.6 is 7.44 Å². The minimum Gasteiger partial charge on any atom is -0.357 e. The van der Waals surface area contributed by atoms with Gasteiger partial charge in [-0.05, 0) is 14.1 Å². The summed E-state index contributed by atoms with van der Waals surface area (Å²) in [6, 6.07) is -0.447. The Bertz CT molecular complexity index is 264. The molecule has 15 heavy (non-hydrogen) atoms. The van der Waals surface area contributed by atoms with E-state index in [1.165, 1.54) is 0 Å². The van der Waals surface area contributed by atoms with Crippen molar-refractivity contribution in [2.45, 2.75) is 12.3 Å². The van der Waals surface area contributed by atoms with Crippen LogP contribution in [0.3, 0.4) is 0 Å². The molecular formula is C8H18BN2O3P. The molecule has 0 saturated carbocycles. The molecule has 1 saturated heterocycles. The number of nitrogens with zero attached hydrogens (tertiary/aromatic N) is 2. The first kappa shape index (κ1) is 13.2. The molecule has 1 aliphatic rings. The second-order valence-electron chi connectivity index (χ2n) is 3.89. The second-order valence-corrected chi connectivity index (χ2v) is 6.93. The van der Waals surface area contributed by atoms with Crippen molar-refractivity contribution in [3.05, 3.63) is 0 Å². The third-order valence-corrected chi connectivity index (χ3v) is 5.47. The monoisotopic (exact) mass is 232 g/mol. The zero-order valence-corrected chi connectivity index (χ0v) is 10.6. The minimum absolute atomic E-state index is 0.401. The van der Waals surface area contributed by atoms with Crippen LogP contribution in [0.4, 0.5) is 0 Å². The Hall–Kier alpha value is 0.135. The Morgan fingerprint density at radius 3 is 2.60 bits per heavy atom. The predicted octanol–water partition coefficient (Wildman–Crippen LogP) is 0.170. The van der Waals surface area contributed by atoms with E-state index in [1.807, 2.05) is 4.67 Å². The maximum Gasteiger partial charge on any atom is 0.213 e. The van der Waals surface area contributed by atoms with Gasteiger partial charge in [-0.3, -0.25) is 4.57 Å². The van der Waals surface area contributed by atoms with Crippen LogP contribution in [-0.2, 0) is 14.0 Å². The van der Waals surface area contributed by atoms with Gasteiger partial charge in [0, 0.05) is 26.3 Å². The Kier molecular flexibility index (Phi) is 4.38. The molecule has 0 spiro atoms. The van der Waals surface area contributed by atoms with Gasteiger partial charge in [-0.2, -0.15) is 0 Å². The molecule has 5 nitrogen and oxygen atoms in total.